The van der Waals surface area contributed by atoms with E-state index in [-0.39, 0.29) is 17.7 Å². The van der Waals surface area contributed by atoms with Crippen molar-refractivity contribution in [3.8, 4) is 17.5 Å². The van der Waals surface area contributed by atoms with Crippen molar-refractivity contribution in [3.05, 3.63) is 42.3 Å². The Morgan fingerprint density at radius 2 is 2.00 bits per heavy atom. The van der Waals surface area contributed by atoms with Gasteiger partial charge in [0.2, 0.25) is 11.8 Å². The molecule has 1 amide bonds. The molecule has 24 heavy (non-hydrogen) atoms. The highest BCUT2D eigenvalue weighted by Crippen LogP contribution is 2.20. The summed E-state index contributed by atoms with van der Waals surface area (Å²) < 4.78 is 5.48. The molecule has 0 saturated carbocycles. The third-order valence-electron chi connectivity index (χ3n) is 3.42. The molecule has 0 radical (unpaired) electrons. The summed E-state index contributed by atoms with van der Waals surface area (Å²) in [6.07, 6.45) is 2.04. The van der Waals surface area contributed by atoms with E-state index in [1.165, 1.54) is 6.26 Å². The largest absolute Gasteiger partial charge is 0.444 e. The smallest absolute Gasteiger partial charge is 0.228 e. The Morgan fingerprint density at radius 3 is 2.62 bits per heavy atom. The van der Waals surface area contributed by atoms with Crippen molar-refractivity contribution in [2.45, 2.75) is 33.6 Å². The molecule has 0 fully saturated rings. The quantitative estimate of drug-likeness (QED) is 0.812. The Labute approximate surface area is 142 Å². The van der Waals surface area contributed by atoms with Crippen LogP contribution in [-0.2, 0) is 11.2 Å². The van der Waals surface area contributed by atoms with Crippen LogP contribution < -0.4 is 0 Å². The van der Waals surface area contributed by atoms with Crippen LogP contribution in [-0.4, -0.2) is 28.9 Å². The van der Waals surface area contributed by atoms with E-state index < -0.39 is 0 Å². The molecule has 5 nitrogen and oxygen atoms in total. The molecular formula is C19H23N3O2. The first-order chi connectivity index (χ1) is 11.4. The Kier molecular flexibility index (Phi) is 5.75. The Morgan fingerprint density at radius 1 is 1.29 bits per heavy atom. The fourth-order valence-corrected chi connectivity index (χ4v) is 2.42. The molecule has 0 spiro atoms. The number of benzene rings is 1. The number of amides is 1. The first kappa shape index (κ1) is 17.7. The molecule has 126 valence electrons. The lowest BCUT2D eigenvalue weighted by atomic mass is 9.95. The molecule has 2 rings (SSSR count). The maximum absolute atomic E-state index is 12.6. The number of aromatic nitrogens is 1. The molecule has 0 saturated heterocycles. The summed E-state index contributed by atoms with van der Waals surface area (Å²) in [6, 6.07) is 11.7. The lowest BCUT2D eigenvalue weighted by molar-refractivity contribution is -0.131. The van der Waals surface area contributed by atoms with Gasteiger partial charge in [-0.05, 0) is 17.5 Å². The first-order valence-corrected chi connectivity index (χ1v) is 8.03. The second-order valence-corrected chi connectivity index (χ2v) is 6.97. The molecule has 1 aromatic carbocycles. The van der Waals surface area contributed by atoms with Gasteiger partial charge >= 0.3 is 0 Å². The lowest BCUT2D eigenvalue weighted by Gasteiger charge is -2.29. The number of oxazole rings is 1. The first-order valence-electron chi connectivity index (χ1n) is 8.03. The number of carbonyl (C=O) groups excluding carboxylic acids is 1. The zero-order chi connectivity index (χ0) is 17.6. The van der Waals surface area contributed by atoms with E-state index in [4.69, 9.17) is 9.68 Å². The average molecular weight is 325 g/mol. The summed E-state index contributed by atoms with van der Waals surface area (Å²) in [6.45, 7) is 7.27. The van der Waals surface area contributed by atoms with E-state index in [1.54, 1.807) is 4.90 Å². The molecule has 0 N–H and O–H groups in total. The van der Waals surface area contributed by atoms with Crippen molar-refractivity contribution in [2.75, 3.05) is 13.1 Å². The molecule has 2 aromatic rings. The van der Waals surface area contributed by atoms with E-state index in [9.17, 15) is 4.79 Å². The minimum Gasteiger partial charge on any atom is -0.444 e. The number of hydrogen-bond acceptors (Lipinski definition) is 4. The molecule has 0 aliphatic heterocycles. The summed E-state index contributed by atoms with van der Waals surface area (Å²) in [5.74, 6) is 0.478. The molecule has 1 aromatic heterocycles. The maximum Gasteiger partial charge on any atom is 0.228 e. The summed E-state index contributed by atoms with van der Waals surface area (Å²) >= 11 is 0. The topological polar surface area (TPSA) is 70.1 Å². The summed E-state index contributed by atoms with van der Waals surface area (Å²) in [7, 11) is 0. The molecule has 0 unspecified atom stereocenters. The van der Waals surface area contributed by atoms with Crippen LogP contribution in [0, 0.1) is 16.7 Å². The third-order valence-corrected chi connectivity index (χ3v) is 3.42. The average Bonchev–Trinajstić information content (AvgIpc) is 2.99. The van der Waals surface area contributed by atoms with Crippen molar-refractivity contribution < 1.29 is 9.21 Å². The van der Waals surface area contributed by atoms with E-state index >= 15 is 0 Å². The zero-order valence-electron chi connectivity index (χ0n) is 14.5. The van der Waals surface area contributed by atoms with Crippen LogP contribution in [0.1, 0.15) is 32.9 Å². The van der Waals surface area contributed by atoms with Crippen LogP contribution in [0.25, 0.3) is 11.5 Å². The van der Waals surface area contributed by atoms with Crippen LogP contribution >= 0.6 is 0 Å². The summed E-state index contributed by atoms with van der Waals surface area (Å²) in [5.41, 5.74) is 1.46. The van der Waals surface area contributed by atoms with Crippen LogP contribution in [0.5, 0.6) is 0 Å². The minimum atomic E-state index is -0.0342. The van der Waals surface area contributed by atoms with Crippen molar-refractivity contribution >= 4 is 5.91 Å². The maximum atomic E-state index is 12.6. The number of rotatable bonds is 6. The van der Waals surface area contributed by atoms with E-state index in [0.29, 0.717) is 31.1 Å². The van der Waals surface area contributed by atoms with Crippen LogP contribution in [0.2, 0.25) is 0 Å². The second kappa shape index (κ2) is 7.78. The normalized spacial score (nSPS) is 11.1. The van der Waals surface area contributed by atoms with Crippen molar-refractivity contribution in [2.24, 2.45) is 5.41 Å². The van der Waals surface area contributed by atoms with Gasteiger partial charge in [0.15, 0.2) is 0 Å². The molecule has 0 aliphatic carbocycles. The molecule has 5 heteroatoms. The Hall–Kier alpha value is -2.61. The fraction of sp³-hybridized carbons (Fsp3) is 0.421. The second-order valence-electron chi connectivity index (χ2n) is 6.97. The summed E-state index contributed by atoms with van der Waals surface area (Å²) in [4.78, 5) is 18.7. The number of nitrogens with zero attached hydrogens (tertiary/aromatic N) is 3. The van der Waals surface area contributed by atoms with Crippen LogP contribution in [0.3, 0.4) is 0 Å². The number of hydrogen-bond donors (Lipinski definition) is 0. The van der Waals surface area contributed by atoms with E-state index in [0.717, 1.165) is 5.56 Å². The van der Waals surface area contributed by atoms with Gasteiger partial charge < -0.3 is 9.32 Å². The van der Waals surface area contributed by atoms with Crippen LogP contribution in [0.15, 0.2) is 41.0 Å². The molecular weight excluding hydrogens is 302 g/mol. The highest BCUT2D eigenvalue weighted by molar-refractivity contribution is 5.78. The molecule has 0 aliphatic rings. The van der Waals surface area contributed by atoms with Gasteiger partial charge in [0.1, 0.15) is 6.26 Å². The van der Waals surface area contributed by atoms with Gasteiger partial charge in [-0.1, -0.05) is 39.0 Å². The third kappa shape index (κ3) is 5.24. The van der Waals surface area contributed by atoms with Gasteiger partial charge in [-0.3, -0.25) is 4.79 Å². The van der Waals surface area contributed by atoms with Gasteiger partial charge in [-0.2, -0.15) is 5.26 Å². The van der Waals surface area contributed by atoms with Crippen molar-refractivity contribution in [3.63, 3.8) is 0 Å². The zero-order valence-corrected chi connectivity index (χ0v) is 14.5. The molecule has 0 bridgehead atoms. The van der Waals surface area contributed by atoms with Gasteiger partial charge in [0.25, 0.3) is 0 Å². The molecule has 1 heterocycles. The van der Waals surface area contributed by atoms with Gasteiger partial charge in [0, 0.05) is 18.7 Å². The number of carbonyl (C=O) groups is 1. The highest BCUT2D eigenvalue weighted by Gasteiger charge is 2.22. The predicted octanol–water partition coefficient (Wildman–Crippen LogP) is 3.67. The SMILES string of the molecule is CC(C)(C)CN(CCC#N)C(=O)Cc1coc(-c2ccccc2)n1. The Bertz CT molecular complexity index is 708. The highest BCUT2D eigenvalue weighted by atomic mass is 16.3. The van der Waals surface area contributed by atoms with E-state index in [1.807, 2.05) is 30.3 Å². The summed E-state index contributed by atoms with van der Waals surface area (Å²) in [5, 5.41) is 8.80. The van der Waals surface area contributed by atoms with Gasteiger partial charge in [-0.15, -0.1) is 0 Å². The molecule has 0 atom stereocenters. The van der Waals surface area contributed by atoms with Crippen molar-refractivity contribution in [1.29, 1.82) is 5.26 Å². The predicted molar refractivity (Wildman–Crippen MR) is 91.9 cm³/mol. The Balaban J connectivity index is 2.06. The van der Waals surface area contributed by atoms with Gasteiger partial charge in [-0.25, -0.2) is 4.98 Å². The monoisotopic (exact) mass is 325 g/mol. The van der Waals surface area contributed by atoms with Gasteiger partial charge in [0.05, 0.1) is 24.6 Å². The van der Waals surface area contributed by atoms with Crippen molar-refractivity contribution in [1.82, 2.24) is 9.88 Å². The minimum absolute atomic E-state index is 0.0237. The van der Waals surface area contributed by atoms with Crippen LogP contribution in [0.4, 0.5) is 0 Å². The number of nitriles is 1. The van der Waals surface area contributed by atoms with E-state index in [2.05, 4.69) is 31.8 Å². The standard InChI is InChI=1S/C19H23N3O2/c1-19(2,3)14-22(11-7-10-20)17(23)12-16-13-24-18(21-16)15-8-5-4-6-9-15/h4-6,8-9,13H,7,11-12,14H2,1-3H3. The fourth-order valence-electron chi connectivity index (χ4n) is 2.42. The lowest BCUT2D eigenvalue weighted by Crippen LogP contribution is -2.39.